The summed E-state index contributed by atoms with van der Waals surface area (Å²) in [6.07, 6.45) is 6.60. The van der Waals surface area contributed by atoms with Crippen molar-refractivity contribution < 1.29 is 5.11 Å². The van der Waals surface area contributed by atoms with E-state index in [1.165, 1.54) is 45.2 Å². The lowest BCUT2D eigenvalue weighted by atomic mass is 10.3. The van der Waals surface area contributed by atoms with Crippen LogP contribution in [0.2, 0.25) is 0 Å². The first-order chi connectivity index (χ1) is 7.34. The van der Waals surface area contributed by atoms with Crippen LogP contribution in [0.4, 0.5) is 0 Å². The van der Waals surface area contributed by atoms with Crippen molar-refractivity contribution >= 4 is 0 Å². The highest BCUT2D eigenvalue weighted by atomic mass is 16.3. The molecule has 0 radical (unpaired) electrons. The Morgan fingerprint density at radius 1 is 1.27 bits per heavy atom. The maximum Gasteiger partial charge on any atom is 0.0791 e. The lowest BCUT2D eigenvalue weighted by Gasteiger charge is -2.19. The third-order valence-electron chi connectivity index (χ3n) is 3.47. The van der Waals surface area contributed by atoms with Gasteiger partial charge in [-0.15, -0.1) is 0 Å². The van der Waals surface area contributed by atoms with Gasteiger partial charge in [0, 0.05) is 13.1 Å². The lowest BCUT2D eigenvalue weighted by Crippen LogP contribution is -2.37. The summed E-state index contributed by atoms with van der Waals surface area (Å²) in [4.78, 5) is 2.37. The number of aliphatic hydroxyl groups excluding tert-OH is 1. The van der Waals surface area contributed by atoms with Crippen molar-refractivity contribution in [3.63, 3.8) is 0 Å². The van der Waals surface area contributed by atoms with Gasteiger partial charge in [-0.1, -0.05) is 12.8 Å². The van der Waals surface area contributed by atoms with Crippen LogP contribution in [0, 0.1) is 5.92 Å². The summed E-state index contributed by atoms with van der Waals surface area (Å²) in [5.74, 6) is 0.994. The molecule has 1 atom stereocenters. The van der Waals surface area contributed by atoms with Crippen molar-refractivity contribution in [3.8, 4) is 0 Å². The van der Waals surface area contributed by atoms with Gasteiger partial charge in [-0.2, -0.15) is 0 Å². The van der Waals surface area contributed by atoms with Gasteiger partial charge in [0.1, 0.15) is 0 Å². The number of hydrogen-bond donors (Lipinski definition) is 2. The van der Waals surface area contributed by atoms with E-state index in [2.05, 4.69) is 10.2 Å². The highest BCUT2D eigenvalue weighted by Gasteiger charge is 2.20. The van der Waals surface area contributed by atoms with E-state index in [9.17, 15) is 5.11 Å². The van der Waals surface area contributed by atoms with Crippen LogP contribution >= 0.6 is 0 Å². The monoisotopic (exact) mass is 212 g/mol. The van der Waals surface area contributed by atoms with Crippen molar-refractivity contribution in [2.45, 2.75) is 38.2 Å². The molecule has 3 nitrogen and oxygen atoms in total. The summed E-state index contributed by atoms with van der Waals surface area (Å²) in [7, 11) is 0. The normalized spacial score (nSPS) is 24.6. The molecule has 0 aromatic heterocycles. The molecule has 2 rings (SSSR count). The van der Waals surface area contributed by atoms with E-state index in [1.807, 2.05) is 0 Å². The Hall–Kier alpha value is -0.120. The molecular formula is C12H24N2O. The lowest BCUT2D eigenvalue weighted by molar-refractivity contribution is 0.123. The molecular weight excluding hydrogens is 188 g/mol. The minimum atomic E-state index is -0.178. The second kappa shape index (κ2) is 5.83. The first kappa shape index (κ1) is 11.4. The summed E-state index contributed by atoms with van der Waals surface area (Å²) in [6, 6.07) is 0. The number of rotatable bonds is 7. The fraction of sp³-hybridized carbons (Fsp3) is 1.00. The molecule has 0 aromatic carbocycles. The Morgan fingerprint density at radius 2 is 2.00 bits per heavy atom. The highest BCUT2D eigenvalue weighted by Crippen LogP contribution is 2.31. The van der Waals surface area contributed by atoms with Crippen LogP contribution < -0.4 is 5.32 Å². The quantitative estimate of drug-likeness (QED) is 0.614. The van der Waals surface area contributed by atoms with Crippen LogP contribution in [0.25, 0.3) is 0 Å². The van der Waals surface area contributed by atoms with Crippen molar-refractivity contribution in [2.24, 2.45) is 5.92 Å². The van der Waals surface area contributed by atoms with Gasteiger partial charge in [0.05, 0.1) is 6.10 Å². The van der Waals surface area contributed by atoms with Gasteiger partial charge in [-0.3, -0.25) is 0 Å². The fourth-order valence-electron chi connectivity index (χ4n) is 2.31. The van der Waals surface area contributed by atoms with Crippen LogP contribution in [-0.4, -0.2) is 48.8 Å². The zero-order chi connectivity index (χ0) is 10.5. The molecule has 2 aliphatic rings. The van der Waals surface area contributed by atoms with Gasteiger partial charge in [0.25, 0.3) is 0 Å². The number of likely N-dealkylation sites (tertiary alicyclic amines) is 1. The second-order valence-electron chi connectivity index (χ2n) is 5.10. The first-order valence-corrected chi connectivity index (χ1v) is 6.46. The van der Waals surface area contributed by atoms with Gasteiger partial charge in [0.2, 0.25) is 0 Å². The van der Waals surface area contributed by atoms with Gasteiger partial charge < -0.3 is 15.3 Å². The predicted octanol–water partition coefficient (Wildman–Crippen LogP) is 0.833. The van der Waals surface area contributed by atoms with E-state index in [1.54, 1.807) is 0 Å². The van der Waals surface area contributed by atoms with Crippen molar-refractivity contribution in [1.29, 1.82) is 0 Å². The zero-order valence-corrected chi connectivity index (χ0v) is 9.62. The van der Waals surface area contributed by atoms with Crippen molar-refractivity contribution in [2.75, 3.05) is 32.7 Å². The summed E-state index contributed by atoms with van der Waals surface area (Å²) < 4.78 is 0. The van der Waals surface area contributed by atoms with Gasteiger partial charge in [0.15, 0.2) is 0 Å². The maximum absolute atomic E-state index is 9.79. The number of β-amino-alcohol motifs (C(OH)–C–C–N with tert-alkyl or cyclic N) is 1. The average Bonchev–Trinajstić information content (AvgIpc) is 2.91. The number of nitrogens with zero attached hydrogens (tertiary/aromatic N) is 1. The standard InChI is InChI=1S/C12H24N2O/c15-12(10-14-7-1-2-8-14)9-13-6-5-11-3-4-11/h11-13,15H,1-10H2. The molecule has 0 spiro atoms. The number of hydrogen-bond acceptors (Lipinski definition) is 3. The molecule has 1 unspecified atom stereocenters. The minimum Gasteiger partial charge on any atom is -0.390 e. The Morgan fingerprint density at radius 3 is 2.67 bits per heavy atom. The Balaban J connectivity index is 1.45. The summed E-state index contributed by atoms with van der Waals surface area (Å²) >= 11 is 0. The first-order valence-electron chi connectivity index (χ1n) is 6.46. The van der Waals surface area contributed by atoms with Gasteiger partial charge >= 0.3 is 0 Å². The molecule has 0 amide bonds. The molecule has 1 heterocycles. The van der Waals surface area contributed by atoms with E-state index >= 15 is 0 Å². The summed E-state index contributed by atoms with van der Waals surface area (Å²) in [6.45, 7) is 5.07. The topological polar surface area (TPSA) is 35.5 Å². The second-order valence-corrected chi connectivity index (χ2v) is 5.10. The highest BCUT2D eigenvalue weighted by molar-refractivity contribution is 4.75. The summed E-state index contributed by atoms with van der Waals surface area (Å²) in [5.41, 5.74) is 0. The molecule has 2 N–H and O–H groups in total. The molecule has 0 bridgehead atoms. The van der Waals surface area contributed by atoms with Gasteiger partial charge in [-0.05, 0) is 44.8 Å². The van der Waals surface area contributed by atoms with Crippen LogP contribution in [0.3, 0.4) is 0 Å². The smallest absolute Gasteiger partial charge is 0.0791 e. The van der Waals surface area contributed by atoms with Crippen LogP contribution in [0.5, 0.6) is 0 Å². The van der Waals surface area contributed by atoms with Crippen molar-refractivity contribution in [3.05, 3.63) is 0 Å². The molecule has 2 fully saturated rings. The van der Waals surface area contributed by atoms with Gasteiger partial charge in [-0.25, -0.2) is 0 Å². The van der Waals surface area contributed by atoms with Crippen molar-refractivity contribution in [1.82, 2.24) is 10.2 Å². The van der Waals surface area contributed by atoms with E-state index in [4.69, 9.17) is 0 Å². The Labute approximate surface area is 92.8 Å². The SMILES string of the molecule is OC(CNCCC1CC1)CN1CCCC1. The third kappa shape index (κ3) is 4.49. The average molecular weight is 212 g/mol. The largest absolute Gasteiger partial charge is 0.390 e. The molecule has 1 saturated heterocycles. The zero-order valence-electron chi connectivity index (χ0n) is 9.62. The molecule has 88 valence electrons. The minimum absolute atomic E-state index is 0.178. The van der Waals surface area contributed by atoms with E-state index in [-0.39, 0.29) is 6.10 Å². The van der Waals surface area contributed by atoms with E-state index < -0.39 is 0 Å². The Bertz CT molecular complexity index is 176. The third-order valence-corrected chi connectivity index (χ3v) is 3.47. The number of aliphatic hydroxyl groups is 1. The maximum atomic E-state index is 9.79. The molecule has 15 heavy (non-hydrogen) atoms. The number of nitrogens with one attached hydrogen (secondary N) is 1. The van der Waals surface area contributed by atoms with Crippen LogP contribution in [-0.2, 0) is 0 Å². The van der Waals surface area contributed by atoms with E-state index in [0.717, 1.165) is 25.6 Å². The van der Waals surface area contributed by atoms with E-state index in [0.29, 0.717) is 0 Å². The molecule has 1 aliphatic carbocycles. The molecule has 3 heteroatoms. The fourth-order valence-corrected chi connectivity index (χ4v) is 2.31. The summed E-state index contributed by atoms with van der Waals surface area (Å²) in [5, 5.41) is 13.1. The Kier molecular flexibility index (Phi) is 4.42. The van der Waals surface area contributed by atoms with Crippen LogP contribution in [0.15, 0.2) is 0 Å². The molecule has 1 aliphatic heterocycles. The molecule has 0 aromatic rings. The predicted molar refractivity (Wildman–Crippen MR) is 61.9 cm³/mol. The molecule has 1 saturated carbocycles. The van der Waals surface area contributed by atoms with Crippen LogP contribution in [0.1, 0.15) is 32.1 Å².